The number of nitrogens with one attached hydrogen (secondary N) is 1. The second-order valence-corrected chi connectivity index (χ2v) is 18.2. The maximum absolute atomic E-state index is 13.9. The lowest BCUT2D eigenvalue weighted by atomic mass is 9.71. The Bertz CT molecular complexity index is 1860. The lowest BCUT2D eigenvalue weighted by Crippen LogP contribution is -2.69. The number of carbonyl (C=O) groups is 2. The molecule has 11 nitrogen and oxygen atoms in total. The first-order valence-electron chi connectivity index (χ1n) is 21.5. The Kier molecular flexibility index (Phi) is 13.2. The number of aromatic hydroxyl groups is 2. The number of thioether (sulfide) groups is 1. The number of ether oxygens (including phenoxy) is 3. The third-order valence-electron chi connectivity index (χ3n) is 13.5. The van der Waals surface area contributed by atoms with E-state index < -0.39 is 35.4 Å². The van der Waals surface area contributed by atoms with Crippen LogP contribution in [0.5, 0.6) is 23.0 Å². The molecule has 310 valence electrons. The predicted octanol–water partition coefficient (Wildman–Crippen LogP) is 8.28. The van der Waals surface area contributed by atoms with Gasteiger partial charge in [0.25, 0.3) is 0 Å². The molecule has 6 aliphatic rings. The van der Waals surface area contributed by atoms with Crippen molar-refractivity contribution in [3.63, 3.8) is 0 Å². The quantitative estimate of drug-likeness (QED) is 0.118. The fourth-order valence-corrected chi connectivity index (χ4v) is 11.8. The number of fused-ring (bicyclic) bond motifs is 10. The smallest absolute Gasteiger partial charge is 0.329 e. The van der Waals surface area contributed by atoms with Crippen molar-refractivity contribution in [2.75, 3.05) is 26.2 Å². The number of aryl methyl sites for hydroxylation is 1. The Morgan fingerprint density at radius 3 is 2.19 bits per heavy atom. The van der Waals surface area contributed by atoms with Crippen molar-refractivity contribution in [1.82, 2.24) is 15.1 Å². The van der Waals surface area contributed by atoms with Crippen LogP contribution in [0.3, 0.4) is 0 Å². The van der Waals surface area contributed by atoms with Crippen LogP contribution in [0.4, 0.5) is 0 Å². The molecular weight excluding hydrogens is 741 g/mol. The summed E-state index contributed by atoms with van der Waals surface area (Å²) in [5.74, 6) is 0.802. The number of carbonyl (C=O) groups excluding carboxylic acids is 2. The third-order valence-corrected chi connectivity index (χ3v) is 14.8. The first-order valence-corrected chi connectivity index (χ1v) is 22.6. The molecule has 0 spiro atoms. The lowest BCUT2D eigenvalue weighted by Gasteiger charge is -2.61. The highest BCUT2D eigenvalue weighted by Gasteiger charge is 2.60. The van der Waals surface area contributed by atoms with Crippen molar-refractivity contribution in [1.29, 1.82) is 5.26 Å². The first kappa shape index (κ1) is 41.5. The van der Waals surface area contributed by atoms with Gasteiger partial charge in [0.2, 0.25) is 12.7 Å². The molecule has 2 aromatic carbocycles. The van der Waals surface area contributed by atoms with Crippen molar-refractivity contribution < 1.29 is 34.0 Å². The van der Waals surface area contributed by atoms with E-state index in [-0.39, 0.29) is 48.6 Å². The molecule has 0 aromatic heterocycles. The number of benzene rings is 2. The van der Waals surface area contributed by atoms with Gasteiger partial charge in [-0.1, -0.05) is 90.0 Å². The van der Waals surface area contributed by atoms with Crippen molar-refractivity contribution in [3.8, 4) is 29.1 Å². The van der Waals surface area contributed by atoms with Gasteiger partial charge in [-0.3, -0.25) is 14.6 Å². The molecule has 1 amide bonds. The molecule has 0 saturated carbocycles. The normalized spacial score (nSPS) is 26.2. The number of piperazine rings is 1. The fourth-order valence-electron chi connectivity index (χ4n) is 10.2. The molecule has 2 saturated heterocycles. The van der Waals surface area contributed by atoms with E-state index in [0.717, 1.165) is 41.5 Å². The average molecular weight is 803 g/mol. The van der Waals surface area contributed by atoms with Gasteiger partial charge in [-0.15, -0.1) is 11.8 Å². The number of phenolic OH excluding ortho intramolecular Hbond substituents is 2. The number of rotatable bonds is 15. The van der Waals surface area contributed by atoms with Crippen LogP contribution >= 0.6 is 11.8 Å². The fraction of sp³-hybridized carbons (Fsp3) is 0.667. The van der Waals surface area contributed by atoms with Gasteiger partial charge >= 0.3 is 5.97 Å². The summed E-state index contributed by atoms with van der Waals surface area (Å²) >= 11 is 1.47. The van der Waals surface area contributed by atoms with E-state index in [2.05, 4.69) is 34.2 Å². The van der Waals surface area contributed by atoms with Crippen LogP contribution in [-0.2, 0) is 20.7 Å². The second kappa shape index (κ2) is 18.1. The first-order chi connectivity index (χ1) is 27.6. The van der Waals surface area contributed by atoms with Gasteiger partial charge in [0.15, 0.2) is 11.5 Å². The number of likely N-dealkylation sites (N-methyl/N-ethyl adjacent to an activating group) is 1. The summed E-state index contributed by atoms with van der Waals surface area (Å²) in [5.41, 5.74) is 5.58. The minimum Gasteiger partial charge on any atom is -0.507 e. The molecule has 2 aromatic rings. The van der Waals surface area contributed by atoms with Crippen LogP contribution in [0.15, 0.2) is 6.07 Å². The molecular formula is C45H62N4O7S. The molecule has 4 bridgehead atoms. The topological polar surface area (TPSA) is 145 Å². The molecule has 6 aliphatic heterocycles. The standard InChI is InChI=1S/C45H62N4O7S/c1-6-7-8-9-10-11-12-13-14-15-16-17-18-19-34(50)47-30-24-57-44-37-36(43-42(55-25-56-43)28(4)41(37)52)33(23-54-45(30)53)49-32(22-46)31-21-29-20-26(2)27(3)40(51)35(29)38(39(44)49)48(31)5/h20,30-33,38-39,44,51-52H,6-19,21,23-25H2,1-5H3,(H,47,50)/t30-,31-,32-,33+,38-,39?,44+/m0/s1. The number of esters is 1. The molecule has 0 radical (unpaired) electrons. The molecule has 1 unspecified atom stereocenters. The minimum atomic E-state index is -0.893. The molecule has 3 N–H and O–H groups in total. The molecule has 0 aliphatic carbocycles. The van der Waals surface area contributed by atoms with Crippen molar-refractivity contribution >= 4 is 23.6 Å². The molecule has 12 heteroatoms. The Balaban J connectivity index is 1.11. The van der Waals surface area contributed by atoms with Gasteiger partial charge in [-0.2, -0.15) is 5.26 Å². The molecule has 8 rings (SSSR count). The number of hydrogen-bond acceptors (Lipinski definition) is 11. The van der Waals surface area contributed by atoms with Gasteiger partial charge in [0.1, 0.15) is 30.2 Å². The van der Waals surface area contributed by atoms with Gasteiger partial charge in [0.05, 0.1) is 23.4 Å². The van der Waals surface area contributed by atoms with Gasteiger partial charge in [-0.25, -0.2) is 4.79 Å². The van der Waals surface area contributed by atoms with Crippen LogP contribution in [0.2, 0.25) is 0 Å². The van der Waals surface area contributed by atoms with E-state index in [4.69, 9.17) is 14.2 Å². The summed E-state index contributed by atoms with van der Waals surface area (Å²) < 4.78 is 18.1. The van der Waals surface area contributed by atoms with Crippen LogP contribution in [-0.4, -0.2) is 82.3 Å². The number of hydrogen-bond donors (Lipinski definition) is 3. The summed E-state index contributed by atoms with van der Waals surface area (Å²) in [6, 6.07) is 1.64. The van der Waals surface area contributed by atoms with Crippen LogP contribution < -0.4 is 14.8 Å². The highest BCUT2D eigenvalue weighted by molar-refractivity contribution is 7.99. The SMILES string of the molecule is CCCCCCCCCCCCCCCC(=O)N[C@H]1CS[C@@H]2c3c(O)c(C)c4c(c3[C@@H](COC1=O)N1C2[C@@H]2c3c(cc(C)c(C)c3O)C[C@@H]([C@@H]1C#N)N2C)OCO4. The van der Waals surface area contributed by atoms with E-state index in [1.54, 1.807) is 0 Å². The van der Waals surface area contributed by atoms with Crippen molar-refractivity contribution in [3.05, 3.63) is 45.0 Å². The number of unbranched alkanes of at least 4 members (excludes halogenated alkanes) is 12. The zero-order chi connectivity index (χ0) is 40.4. The predicted molar refractivity (Wildman–Crippen MR) is 221 cm³/mol. The van der Waals surface area contributed by atoms with Crippen LogP contribution in [0, 0.1) is 32.1 Å². The van der Waals surface area contributed by atoms with Crippen LogP contribution in [0.1, 0.15) is 153 Å². The number of amides is 1. The van der Waals surface area contributed by atoms with Gasteiger partial charge in [0, 0.05) is 46.5 Å². The van der Waals surface area contributed by atoms with Gasteiger partial charge in [-0.05, 0) is 57.4 Å². The van der Waals surface area contributed by atoms with E-state index in [0.29, 0.717) is 41.0 Å². The van der Waals surface area contributed by atoms with Gasteiger partial charge < -0.3 is 29.7 Å². The Labute approximate surface area is 342 Å². The van der Waals surface area contributed by atoms with Crippen LogP contribution in [0.25, 0.3) is 0 Å². The largest absolute Gasteiger partial charge is 0.507 e. The summed E-state index contributed by atoms with van der Waals surface area (Å²) in [6.07, 6.45) is 16.8. The van der Waals surface area contributed by atoms with E-state index in [9.17, 15) is 25.1 Å². The summed E-state index contributed by atoms with van der Waals surface area (Å²) in [4.78, 5) is 31.6. The zero-order valence-electron chi connectivity index (χ0n) is 34.5. The number of nitrogens with zero attached hydrogens (tertiary/aromatic N) is 3. The Morgan fingerprint density at radius 2 is 1.53 bits per heavy atom. The molecule has 2 fully saturated rings. The van der Waals surface area contributed by atoms with E-state index in [1.165, 1.54) is 76.0 Å². The van der Waals surface area contributed by atoms with Crippen molar-refractivity contribution in [2.24, 2.45) is 0 Å². The average Bonchev–Trinajstić information content (AvgIpc) is 3.69. The summed E-state index contributed by atoms with van der Waals surface area (Å²) in [7, 11) is 2.02. The Hall–Kier alpha value is -3.66. The van der Waals surface area contributed by atoms with E-state index >= 15 is 0 Å². The van der Waals surface area contributed by atoms with E-state index in [1.807, 2.05) is 27.8 Å². The Morgan fingerprint density at radius 1 is 0.895 bits per heavy atom. The molecule has 6 heterocycles. The maximum atomic E-state index is 13.9. The molecule has 57 heavy (non-hydrogen) atoms. The molecule has 7 atom stereocenters. The highest BCUT2D eigenvalue weighted by Crippen LogP contribution is 2.63. The number of phenols is 2. The maximum Gasteiger partial charge on any atom is 0.329 e. The highest BCUT2D eigenvalue weighted by atomic mass is 32.2. The monoisotopic (exact) mass is 802 g/mol. The van der Waals surface area contributed by atoms with Crippen molar-refractivity contribution in [2.45, 2.75) is 166 Å². The zero-order valence-corrected chi connectivity index (χ0v) is 35.3. The lowest BCUT2D eigenvalue weighted by molar-refractivity contribution is -0.152. The third kappa shape index (κ3) is 7.93. The minimum absolute atomic E-state index is 0.0112. The summed E-state index contributed by atoms with van der Waals surface area (Å²) in [5, 5.41) is 37.4. The number of nitriles is 1. The second-order valence-electron chi connectivity index (χ2n) is 17.0. The summed E-state index contributed by atoms with van der Waals surface area (Å²) in [6.45, 7) is 7.87.